The highest BCUT2D eigenvalue weighted by molar-refractivity contribution is 5.27. The van der Waals surface area contributed by atoms with Gasteiger partial charge in [0.05, 0.1) is 12.2 Å². The van der Waals surface area contributed by atoms with E-state index in [0.29, 0.717) is 26.1 Å². The van der Waals surface area contributed by atoms with Gasteiger partial charge in [0, 0.05) is 19.4 Å². The van der Waals surface area contributed by atoms with Crippen LogP contribution >= 0.6 is 0 Å². The Hall–Kier alpha value is -1.06. The predicted molar refractivity (Wildman–Crippen MR) is 52.2 cm³/mol. The Morgan fingerprint density at radius 3 is 2.57 bits per heavy atom. The lowest BCUT2D eigenvalue weighted by molar-refractivity contribution is 0.0270. The summed E-state index contributed by atoms with van der Waals surface area (Å²) in [6.45, 7) is 1.04. The maximum Gasteiger partial charge on any atom is 0.115 e. The number of aromatic hydroxyl groups is 1. The van der Waals surface area contributed by atoms with E-state index in [4.69, 9.17) is 9.84 Å². The summed E-state index contributed by atoms with van der Waals surface area (Å²) in [6, 6.07) is 6.92. The summed E-state index contributed by atoms with van der Waals surface area (Å²) in [7, 11) is 0. The molecule has 3 heteroatoms. The zero-order valence-corrected chi connectivity index (χ0v) is 7.94. The van der Waals surface area contributed by atoms with Crippen LogP contribution in [0.4, 0.5) is 0 Å². The van der Waals surface area contributed by atoms with Crippen LogP contribution in [0.2, 0.25) is 0 Å². The van der Waals surface area contributed by atoms with Crippen LogP contribution in [0.3, 0.4) is 0 Å². The van der Waals surface area contributed by atoms with Crippen molar-refractivity contribution < 1.29 is 14.9 Å². The number of rotatable bonds is 2. The molecule has 1 aliphatic rings. The van der Waals surface area contributed by atoms with Gasteiger partial charge in [-0.1, -0.05) is 12.1 Å². The Balaban J connectivity index is 2.06. The van der Waals surface area contributed by atoms with Gasteiger partial charge in [-0.05, 0) is 17.7 Å². The van der Waals surface area contributed by atoms with Crippen molar-refractivity contribution in [3.05, 3.63) is 29.8 Å². The van der Waals surface area contributed by atoms with E-state index in [1.807, 2.05) is 12.1 Å². The molecule has 14 heavy (non-hydrogen) atoms. The lowest BCUT2D eigenvalue weighted by Gasteiger charge is -2.19. The molecule has 1 unspecified atom stereocenters. The molecule has 76 valence electrons. The standard InChI is InChI=1S/C11H14O3/c12-10-3-1-9(2-4-10)7-11(13)5-6-14-8-11/h1-4,12-13H,5-8H2. The van der Waals surface area contributed by atoms with E-state index in [-0.39, 0.29) is 5.75 Å². The van der Waals surface area contributed by atoms with Crippen molar-refractivity contribution in [2.75, 3.05) is 13.2 Å². The average Bonchev–Trinajstić information content (AvgIpc) is 2.57. The van der Waals surface area contributed by atoms with Crippen molar-refractivity contribution in [3.8, 4) is 5.75 Å². The monoisotopic (exact) mass is 194 g/mol. The molecule has 0 bridgehead atoms. The first-order valence-corrected chi connectivity index (χ1v) is 4.76. The smallest absolute Gasteiger partial charge is 0.115 e. The summed E-state index contributed by atoms with van der Waals surface area (Å²) >= 11 is 0. The van der Waals surface area contributed by atoms with Gasteiger partial charge in [0.2, 0.25) is 0 Å². The van der Waals surface area contributed by atoms with Gasteiger partial charge in [0.25, 0.3) is 0 Å². The van der Waals surface area contributed by atoms with Gasteiger partial charge in [0.15, 0.2) is 0 Å². The molecular weight excluding hydrogens is 180 g/mol. The SMILES string of the molecule is Oc1ccc(CC2(O)CCOC2)cc1. The van der Waals surface area contributed by atoms with Gasteiger partial charge in [-0.25, -0.2) is 0 Å². The second-order valence-electron chi connectivity index (χ2n) is 3.87. The van der Waals surface area contributed by atoms with E-state index < -0.39 is 5.60 Å². The quantitative estimate of drug-likeness (QED) is 0.740. The lowest BCUT2D eigenvalue weighted by Crippen LogP contribution is -2.31. The summed E-state index contributed by atoms with van der Waals surface area (Å²) in [5.74, 6) is 0.253. The average molecular weight is 194 g/mol. The first-order valence-electron chi connectivity index (χ1n) is 4.76. The Morgan fingerprint density at radius 2 is 2.00 bits per heavy atom. The topological polar surface area (TPSA) is 49.7 Å². The predicted octanol–water partition coefficient (Wildman–Crippen LogP) is 1.09. The van der Waals surface area contributed by atoms with Crippen LogP contribution in [-0.4, -0.2) is 29.0 Å². The molecule has 1 heterocycles. The number of hydrogen-bond acceptors (Lipinski definition) is 3. The Kier molecular flexibility index (Phi) is 2.44. The molecule has 1 aromatic carbocycles. The van der Waals surface area contributed by atoms with Crippen LogP contribution < -0.4 is 0 Å². The minimum Gasteiger partial charge on any atom is -0.508 e. The van der Waals surface area contributed by atoms with E-state index >= 15 is 0 Å². The summed E-state index contributed by atoms with van der Waals surface area (Å²) in [5, 5.41) is 19.1. The number of phenolic OH excluding ortho intramolecular Hbond substituents is 1. The molecule has 0 spiro atoms. The molecule has 0 saturated carbocycles. The third-order valence-corrected chi connectivity index (χ3v) is 2.55. The van der Waals surface area contributed by atoms with E-state index in [1.165, 1.54) is 0 Å². The fourth-order valence-electron chi connectivity index (χ4n) is 1.73. The highest BCUT2D eigenvalue weighted by Gasteiger charge is 2.32. The highest BCUT2D eigenvalue weighted by atomic mass is 16.5. The van der Waals surface area contributed by atoms with Crippen molar-refractivity contribution in [1.82, 2.24) is 0 Å². The molecule has 0 aromatic heterocycles. The van der Waals surface area contributed by atoms with Gasteiger partial charge in [0.1, 0.15) is 5.75 Å². The highest BCUT2D eigenvalue weighted by Crippen LogP contribution is 2.24. The lowest BCUT2D eigenvalue weighted by atomic mass is 9.94. The third kappa shape index (κ3) is 2.05. The molecule has 0 amide bonds. The maximum atomic E-state index is 10.0. The van der Waals surface area contributed by atoms with E-state index in [2.05, 4.69) is 0 Å². The van der Waals surface area contributed by atoms with Crippen LogP contribution in [0.15, 0.2) is 24.3 Å². The van der Waals surface area contributed by atoms with E-state index in [0.717, 1.165) is 5.56 Å². The Morgan fingerprint density at radius 1 is 1.29 bits per heavy atom. The van der Waals surface area contributed by atoms with Gasteiger partial charge in [-0.2, -0.15) is 0 Å². The van der Waals surface area contributed by atoms with Crippen molar-refractivity contribution in [2.24, 2.45) is 0 Å². The normalized spacial score (nSPS) is 26.6. The van der Waals surface area contributed by atoms with Crippen LogP contribution in [0.1, 0.15) is 12.0 Å². The maximum absolute atomic E-state index is 10.0. The number of phenols is 1. The summed E-state index contributed by atoms with van der Waals surface area (Å²) < 4.78 is 5.16. The molecule has 1 aromatic rings. The first kappa shape index (κ1) is 9.49. The van der Waals surface area contributed by atoms with Gasteiger partial charge < -0.3 is 14.9 Å². The number of hydrogen-bond donors (Lipinski definition) is 2. The molecule has 0 radical (unpaired) electrons. The second kappa shape index (κ2) is 3.59. The van der Waals surface area contributed by atoms with E-state index in [1.54, 1.807) is 12.1 Å². The fraction of sp³-hybridized carbons (Fsp3) is 0.455. The minimum atomic E-state index is -0.711. The minimum absolute atomic E-state index is 0.253. The number of ether oxygens (including phenoxy) is 1. The molecule has 2 rings (SSSR count). The van der Waals surface area contributed by atoms with E-state index in [9.17, 15) is 5.11 Å². The summed E-state index contributed by atoms with van der Waals surface area (Å²) in [5.41, 5.74) is 0.313. The molecule has 1 saturated heterocycles. The summed E-state index contributed by atoms with van der Waals surface area (Å²) in [4.78, 5) is 0. The number of benzene rings is 1. The molecule has 1 atom stereocenters. The van der Waals surface area contributed by atoms with Crippen molar-refractivity contribution in [2.45, 2.75) is 18.4 Å². The zero-order chi connectivity index (χ0) is 10.0. The Labute approximate surface area is 83.0 Å². The van der Waals surface area contributed by atoms with Crippen LogP contribution in [0, 0.1) is 0 Å². The van der Waals surface area contributed by atoms with Crippen LogP contribution in [-0.2, 0) is 11.2 Å². The molecule has 2 N–H and O–H groups in total. The molecule has 1 fully saturated rings. The van der Waals surface area contributed by atoms with Crippen molar-refractivity contribution in [3.63, 3.8) is 0 Å². The van der Waals surface area contributed by atoms with Crippen molar-refractivity contribution in [1.29, 1.82) is 0 Å². The molecule has 1 aliphatic heterocycles. The van der Waals surface area contributed by atoms with Gasteiger partial charge in [-0.3, -0.25) is 0 Å². The fourth-order valence-corrected chi connectivity index (χ4v) is 1.73. The first-order chi connectivity index (χ1) is 6.68. The molecular formula is C11H14O3. The second-order valence-corrected chi connectivity index (χ2v) is 3.87. The van der Waals surface area contributed by atoms with Gasteiger partial charge >= 0.3 is 0 Å². The third-order valence-electron chi connectivity index (χ3n) is 2.55. The van der Waals surface area contributed by atoms with Gasteiger partial charge in [-0.15, -0.1) is 0 Å². The van der Waals surface area contributed by atoms with Crippen LogP contribution in [0.25, 0.3) is 0 Å². The largest absolute Gasteiger partial charge is 0.508 e. The molecule has 3 nitrogen and oxygen atoms in total. The number of aliphatic hydroxyl groups is 1. The zero-order valence-electron chi connectivity index (χ0n) is 7.94. The summed E-state index contributed by atoms with van der Waals surface area (Å²) in [6.07, 6.45) is 1.28. The molecule has 0 aliphatic carbocycles. The van der Waals surface area contributed by atoms with Crippen LogP contribution in [0.5, 0.6) is 5.75 Å². The Bertz CT molecular complexity index is 299. The van der Waals surface area contributed by atoms with Crippen molar-refractivity contribution >= 4 is 0 Å².